The molecule has 1 aromatic rings. The molecule has 0 fully saturated rings. The van der Waals surface area contributed by atoms with Gasteiger partial charge in [-0.15, -0.1) is 0 Å². The van der Waals surface area contributed by atoms with Gasteiger partial charge in [0.05, 0.1) is 12.2 Å². The zero-order chi connectivity index (χ0) is 11.1. The van der Waals surface area contributed by atoms with E-state index in [4.69, 9.17) is 10.6 Å². The molecule has 15 heavy (non-hydrogen) atoms. The molecule has 0 aliphatic heterocycles. The number of hydrazine groups is 1. The Hall–Kier alpha value is -0.910. The molecule has 1 unspecified atom stereocenters. The van der Waals surface area contributed by atoms with Crippen LogP contribution in [-0.4, -0.2) is 23.0 Å². The highest BCUT2D eigenvalue weighted by Gasteiger charge is 2.11. The van der Waals surface area contributed by atoms with Gasteiger partial charge in [-0.3, -0.25) is 16.0 Å². The van der Waals surface area contributed by atoms with Crippen LogP contribution in [0.1, 0.15) is 31.9 Å². The molecule has 1 heterocycles. The van der Waals surface area contributed by atoms with Crippen LogP contribution in [0.3, 0.4) is 0 Å². The van der Waals surface area contributed by atoms with Crippen molar-refractivity contribution in [1.29, 1.82) is 0 Å². The molecule has 0 aromatic carbocycles. The van der Waals surface area contributed by atoms with E-state index in [-0.39, 0.29) is 6.04 Å². The van der Waals surface area contributed by atoms with Gasteiger partial charge in [-0.2, -0.15) is 5.10 Å². The predicted octanol–water partition coefficient (Wildman–Crippen LogP) is 0.834. The molecule has 86 valence electrons. The summed E-state index contributed by atoms with van der Waals surface area (Å²) in [5.74, 6) is 5.50. The molecule has 1 atom stereocenters. The lowest BCUT2D eigenvalue weighted by atomic mass is 10.1. The fourth-order valence-electron chi connectivity index (χ4n) is 1.42. The maximum atomic E-state index is 5.50. The van der Waals surface area contributed by atoms with Crippen LogP contribution in [0.25, 0.3) is 0 Å². The molecule has 1 rings (SSSR count). The minimum atomic E-state index is 0.122. The summed E-state index contributed by atoms with van der Waals surface area (Å²) in [6, 6.07) is 0.122. The number of nitrogens with one attached hydrogen (secondary N) is 1. The number of aromatic nitrogens is 2. The van der Waals surface area contributed by atoms with Crippen LogP contribution in [0.15, 0.2) is 12.4 Å². The van der Waals surface area contributed by atoms with Gasteiger partial charge >= 0.3 is 0 Å². The van der Waals surface area contributed by atoms with Crippen LogP contribution < -0.4 is 11.3 Å². The smallest absolute Gasteiger partial charge is 0.0538 e. The normalized spacial score (nSPS) is 13.0. The highest BCUT2D eigenvalue weighted by atomic mass is 16.5. The molecule has 0 amide bonds. The molecular formula is C10H20N4O. The van der Waals surface area contributed by atoms with E-state index < -0.39 is 0 Å². The molecule has 3 N–H and O–H groups in total. The highest BCUT2D eigenvalue weighted by Crippen LogP contribution is 2.14. The van der Waals surface area contributed by atoms with Crippen molar-refractivity contribution >= 4 is 0 Å². The van der Waals surface area contributed by atoms with Gasteiger partial charge in [0.2, 0.25) is 0 Å². The van der Waals surface area contributed by atoms with Gasteiger partial charge in [0.1, 0.15) is 0 Å². The Kier molecular flexibility index (Phi) is 5.31. The molecule has 0 aliphatic carbocycles. The van der Waals surface area contributed by atoms with Crippen LogP contribution in [0, 0.1) is 0 Å². The van der Waals surface area contributed by atoms with Crippen LogP contribution in [0.2, 0.25) is 0 Å². The van der Waals surface area contributed by atoms with E-state index in [9.17, 15) is 0 Å². The number of nitrogens with zero attached hydrogens (tertiary/aromatic N) is 2. The summed E-state index contributed by atoms with van der Waals surface area (Å²) in [6.07, 6.45) is 4.72. The Morgan fingerprint density at radius 1 is 1.60 bits per heavy atom. The molecule has 5 nitrogen and oxygen atoms in total. The summed E-state index contributed by atoms with van der Waals surface area (Å²) in [4.78, 5) is 0. The summed E-state index contributed by atoms with van der Waals surface area (Å²) < 4.78 is 7.19. The number of nitrogens with two attached hydrogens (primary N) is 1. The summed E-state index contributed by atoms with van der Waals surface area (Å²) in [5.41, 5.74) is 3.89. The van der Waals surface area contributed by atoms with E-state index in [1.165, 1.54) is 0 Å². The Morgan fingerprint density at radius 2 is 2.40 bits per heavy atom. The van der Waals surface area contributed by atoms with E-state index in [0.717, 1.165) is 25.1 Å². The van der Waals surface area contributed by atoms with Crippen LogP contribution >= 0.6 is 0 Å². The minimum Gasteiger partial charge on any atom is -0.382 e. The van der Waals surface area contributed by atoms with Crippen LogP contribution in [-0.2, 0) is 11.3 Å². The van der Waals surface area contributed by atoms with Crippen molar-refractivity contribution in [3.63, 3.8) is 0 Å². The van der Waals surface area contributed by atoms with Crippen molar-refractivity contribution in [2.45, 2.75) is 32.9 Å². The summed E-state index contributed by atoms with van der Waals surface area (Å²) >= 11 is 0. The molecule has 0 bridgehead atoms. The first-order valence-corrected chi connectivity index (χ1v) is 5.38. The van der Waals surface area contributed by atoms with Crippen molar-refractivity contribution in [3.8, 4) is 0 Å². The SMILES string of the molecule is CCOCCC(NN)c1cnn(CC)c1. The van der Waals surface area contributed by atoms with Crippen LogP contribution in [0.5, 0.6) is 0 Å². The number of hydrogen-bond donors (Lipinski definition) is 2. The Balaban J connectivity index is 2.49. The fourth-order valence-corrected chi connectivity index (χ4v) is 1.42. The van der Waals surface area contributed by atoms with Gasteiger partial charge in [0.25, 0.3) is 0 Å². The lowest BCUT2D eigenvalue weighted by Gasteiger charge is -2.13. The van der Waals surface area contributed by atoms with E-state index in [1.54, 1.807) is 0 Å². The van der Waals surface area contributed by atoms with Crippen LogP contribution in [0.4, 0.5) is 0 Å². The second kappa shape index (κ2) is 6.55. The average molecular weight is 212 g/mol. The van der Waals surface area contributed by atoms with Gasteiger partial charge < -0.3 is 4.74 Å². The van der Waals surface area contributed by atoms with E-state index in [2.05, 4.69) is 17.4 Å². The molecule has 0 radical (unpaired) electrons. The molecule has 0 saturated carbocycles. The summed E-state index contributed by atoms with van der Waals surface area (Å²) in [5, 5.41) is 4.21. The first kappa shape index (κ1) is 12.2. The third-order valence-corrected chi connectivity index (χ3v) is 2.34. The van der Waals surface area contributed by atoms with Crippen molar-refractivity contribution in [3.05, 3.63) is 18.0 Å². The first-order valence-electron chi connectivity index (χ1n) is 5.38. The Morgan fingerprint density at radius 3 is 2.93 bits per heavy atom. The third-order valence-electron chi connectivity index (χ3n) is 2.34. The van der Waals surface area contributed by atoms with Crippen molar-refractivity contribution < 1.29 is 4.74 Å². The molecule has 5 heteroatoms. The van der Waals surface area contributed by atoms with E-state index in [0.29, 0.717) is 6.61 Å². The topological polar surface area (TPSA) is 65.1 Å². The van der Waals surface area contributed by atoms with Gasteiger partial charge in [0, 0.05) is 31.5 Å². The Labute approximate surface area is 90.6 Å². The number of ether oxygens (including phenoxy) is 1. The van der Waals surface area contributed by atoms with Crippen molar-refractivity contribution in [2.75, 3.05) is 13.2 Å². The largest absolute Gasteiger partial charge is 0.382 e. The van der Waals surface area contributed by atoms with Gasteiger partial charge in [-0.1, -0.05) is 0 Å². The second-order valence-corrected chi connectivity index (χ2v) is 3.33. The zero-order valence-corrected chi connectivity index (χ0v) is 9.44. The lowest BCUT2D eigenvalue weighted by molar-refractivity contribution is 0.136. The summed E-state index contributed by atoms with van der Waals surface area (Å²) in [7, 11) is 0. The summed E-state index contributed by atoms with van der Waals surface area (Å²) in [6.45, 7) is 6.37. The Bertz CT molecular complexity index is 274. The second-order valence-electron chi connectivity index (χ2n) is 3.33. The van der Waals surface area contributed by atoms with Gasteiger partial charge in [0.15, 0.2) is 0 Å². The van der Waals surface area contributed by atoms with Crippen molar-refractivity contribution in [2.24, 2.45) is 5.84 Å². The quantitative estimate of drug-likeness (QED) is 0.399. The molecular weight excluding hydrogens is 192 g/mol. The first-order chi connectivity index (χ1) is 7.31. The predicted molar refractivity (Wildman–Crippen MR) is 59.1 cm³/mol. The fraction of sp³-hybridized carbons (Fsp3) is 0.700. The third kappa shape index (κ3) is 3.62. The zero-order valence-electron chi connectivity index (χ0n) is 9.44. The standard InChI is InChI=1S/C10H20N4O/c1-3-14-8-9(7-12-14)10(13-11)5-6-15-4-2/h7-8,10,13H,3-6,11H2,1-2H3. The number of hydrogen-bond acceptors (Lipinski definition) is 4. The molecule has 0 spiro atoms. The maximum Gasteiger partial charge on any atom is 0.0538 e. The monoisotopic (exact) mass is 212 g/mol. The minimum absolute atomic E-state index is 0.122. The maximum absolute atomic E-state index is 5.50. The highest BCUT2D eigenvalue weighted by molar-refractivity contribution is 5.09. The molecule has 1 aromatic heterocycles. The number of rotatable bonds is 7. The molecule has 0 saturated heterocycles. The van der Waals surface area contributed by atoms with Gasteiger partial charge in [-0.05, 0) is 20.3 Å². The average Bonchev–Trinajstić information content (AvgIpc) is 2.73. The van der Waals surface area contributed by atoms with Crippen molar-refractivity contribution in [1.82, 2.24) is 15.2 Å². The number of aryl methyl sites for hydroxylation is 1. The van der Waals surface area contributed by atoms with E-state index >= 15 is 0 Å². The van der Waals surface area contributed by atoms with E-state index in [1.807, 2.05) is 24.0 Å². The lowest BCUT2D eigenvalue weighted by Crippen LogP contribution is -2.28. The molecule has 0 aliphatic rings. The van der Waals surface area contributed by atoms with Gasteiger partial charge in [-0.25, -0.2) is 0 Å².